The minimum atomic E-state index is -3.23. The summed E-state index contributed by atoms with van der Waals surface area (Å²) in [6.07, 6.45) is 1.12. The first-order valence-corrected chi connectivity index (χ1v) is 7.43. The molecule has 1 saturated heterocycles. The van der Waals surface area contributed by atoms with E-state index >= 15 is 0 Å². The number of sulfonamides is 1. The first kappa shape index (κ1) is 14.9. The molecule has 8 nitrogen and oxygen atoms in total. The number of nitrogens with two attached hydrogens (primary N) is 1. The summed E-state index contributed by atoms with van der Waals surface area (Å²) in [6.45, 7) is 1.39. The molecule has 3 N–H and O–H groups in total. The number of carbonyl (C=O) groups excluding carboxylic acids is 2. The fourth-order valence-corrected chi connectivity index (χ4v) is 2.45. The van der Waals surface area contributed by atoms with E-state index in [-0.39, 0.29) is 39.3 Å². The zero-order valence-corrected chi connectivity index (χ0v) is 11.1. The number of carbonyl (C=O) groups is 2. The van der Waals surface area contributed by atoms with Gasteiger partial charge in [0, 0.05) is 39.3 Å². The van der Waals surface area contributed by atoms with Crippen LogP contribution in [0.1, 0.15) is 0 Å². The van der Waals surface area contributed by atoms with Crippen LogP contribution in [-0.2, 0) is 19.6 Å². The van der Waals surface area contributed by atoms with Crippen molar-refractivity contribution in [3.63, 3.8) is 0 Å². The molecule has 0 unspecified atom stereocenters. The van der Waals surface area contributed by atoms with E-state index in [2.05, 4.69) is 5.32 Å². The number of nitrogens with zero attached hydrogens (tertiary/aromatic N) is 2. The van der Waals surface area contributed by atoms with E-state index in [0.717, 1.165) is 6.26 Å². The van der Waals surface area contributed by atoms with Gasteiger partial charge in [-0.05, 0) is 0 Å². The van der Waals surface area contributed by atoms with E-state index < -0.39 is 21.8 Å². The van der Waals surface area contributed by atoms with Crippen molar-refractivity contribution < 1.29 is 18.0 Å². The predicted octanol–water partition coefficient (Wildman–Crippen LogP) is -2.83. The minimum absolute atomic E-state index is 0.217. The zero-order valence-electron chi connectivity index (χ0n) is 10.3. The van der Waals surface area contributed by atoms with Gasteiger partial charge in [-0.2, -0.15) is 4.31 Å². The van der Waals surface area contributed by atoms with E-state index in [1.54, 1.807) is 0 Å². The Labute approximate surface area is 106 Å². The zero-order chi connectivity index (χ0) is 13.8. The molecule has 9 heteroatoms. The molecule has 2 amide bonds. The topological polar surface area (TPSA) is 113 Å². The monoisotopic (exact) mass is 278 g/mol. The predicted molar refractivity (Wildman–Crippen MR) is 65.1 cm³/mol. The highest BCUT2D eigenvalue weighted by atomic mass is 32.2. The Bertz CT molecular complexity index is 414. The van der Waals surface area contributed by atoms with Crippen molar-refractivity contribution in [1.82, 2.24) is 14.5 Å². The Morgan fingerprint density at radius 2 is 1.78 bits per heavy atom. The summed E-state index contributed by atoms with van der Waals surface area (Å²) >= 11 is 0. The second-order valence-corrected chi connectivity index (χ2v) is 5.98. The van der Waals surface area contributed by atoms with Gasteiger partial charge in [-0.1, -0.05) is 0 Å². The quantitative estimate of drug-likeness (QED) is 0.540. The summed E-state index contributed by atoms with van der Waals surface area (Å²) in [7, 11) is -3.23. The number of piperazine rings is 1. The molecule has 0 aromatic heterocycles. The van der Waals surface area contributed by atoms with Crippen molar-refractivity contribution >= 4 is 21.8 Å². The van der Waals surface area contributed by atoms with Crippen LogP contribution in [0, 0.1) is 0 Å². The maximum atomic E-state index is 11.7. The lowest BCUT2D eigenvalue weighted by atomic mass is 10.3. The molecule has 1 heterocycles. The van der Waals surface area contributed by atoms with Gasteiger partial charge in [-0.3, -0.25) is 9.59 Å². The highest BCUT2D eigenvalue weighted by Crippen LogP contribution is 2.06. The van der Waals surface area contributed by atoms with Crippen LogP contribution >= 0.6 is 0 Å². The van der Waals surface area contributed by atoms with Crippen LogP contribution in [0.3, 0.4) is 0 Å². The van der Waals surface area contributed by atoms with Crippen LogP contribution in [0.25, 0.3) is 0 Å². The molecule has 0 saturated carbocycles. The van der Waals surface area contributed by atoms with Crippen LogP contribution in [0.4, 0.5) is 0 Å². The van der Waals surface area contributed by atoms with Gasteiger partial charge in [0.15, 0.2) is 0 Å². The van der Waals surface area contributed by atoms with Crippen LogP contribution < -0.4 is 11.1 Å². The number of rotatable bonds is 3. The maximum absolute atomic E-state index is 11.7. The molecule has 18 heavy (non-hydrogen) atoms. The third-order valence-electron chi connectivity index (χ3n) is 2.62. The van der Waals surface area contributed by atoms with Gasteiger partial charge in [0.25, 0.3) is 0 Å². The average Bonchev–Trinajstić information content (AvgIpc) is 2.34. The molecule has 0 atom stereocenters. The summed E-state index contributed by atoms with van der Waals surface area (Å²) in [4.78, 5) is 24.4. The van der Waals surface area contributed by atoms with Crippen molar-refractivity contribution in [2.24, 2.45) is 5.73 Å². The average molecular weight is 278 g/mol. The first-order chi connectivity index (χ1) is 8.36. The first-order valence-electron chi connectivity index (χ1n) is 5.58. The number of hydrogen-bond donors (Lipinski definition) is 2. The van der Waals surface area contributed by atoms with Gasteiger partial charge >= 0.3 is 11.8 Å². The second-order valence-electron chi connectivity index (χ2n) is 4.00. The molecule has 1 aliphatic heterocycles. The maximum Gasteiger partial charge on any atom is 0.311 e. The molecule has 1 fully saturated rings. The number of amides is 2. The van der Waals surface area contributed by atoms with E-state index in [1.165, 1.54) is 9.21 Å². The smallest absolute Gasteiger partial charge is 0.311 e. The highest BCUT2D eigenvalue weighted by molar-refractivity contribution is 7.88. The molecular weight excluding hydrogens is 260 g/mol. The van der Waals surface area contributed by atoms with Crippen LogP contribution in [0.5, 0.6) is 0 Å². The van der Waals surface area contributed by atoms with Crippen LogP contribution in [-0.4, -0.2) is 75.0 Å². The molecule has 0 aromatic carbocycles. The van der Waals surface area contributed by atoms with Gasteiger partial charge in [0.1, 0.15) is 0 Å². The van der Waals surface area contributed by atoms with Gasteiger partial charge in [0.05, 0.1) is 6.26 Å². The van der Waals surface area contributed by atoms with Gasteiger partial charge in [-0.25, -0.2) is 8.42 Å². The third kappa shape index (κ3) is 3.93. The fourth-order valence-electron chi connectivity index (χ4n) is 1.63. The van der Waals surface area contributed by atoms with Gasteiger partial charge in [-0.15, -0.1) is 0 Å². The van der Waals surface area contributed by atoms with E-state index in [4.69, 9.17) is 5.73 Å². The summed E-state index contributed by atoms with van der Waals surface area (Å²) in [6, 6.07) is 0. The van der Waals surface area contributed by atoms with Gasteiger partial charge < -0.3 is 16.0 Å². The number of hydrogen-bond acceptors (Lipinski definition) is 5. The minimum Gasteiger partial charge on any atom is -0.347 e. The Balaban J connectivity index is 2.48. The van der Waals surface area contributed by atoms with Crippen LogP contribution in [0.2, 0.25) is 0 Å². The molecule has 0 bridgehead atoms. The lowest BCUT2D eigenvalue weighted by Gasteiger charge is -2.32. The summed E-state index contributed by atoms with van der Waals surface area (Å²) < 4.78 is 23.8. The van der Waals surface area contributed by atoms with Crippen molar-refractivity contribution in [1.29, 1.82) is 0 Å². The van der Waals surface area contributed by atoms with Crippen molar-refractivity contribution in [3.05, 3.63) is 0 Å². The Kier molecular flexibility index (Phi) is 5.05. The molecule has 104 valence electrons. The summed E-state index contributed by atoms with van der Waals surface area (Å²) in [5.74, 6) is -1.34. The molecule has 0 aromatic rings. The van der Waals surface area contributed by atoms with E-state index in [1.807, 2.05) is 0 Å². The lowest BCUT2D eigenvalue weighted by Crippen LogP contribution is -2.53. The summed E-state index contributed by atoms with van der Waals surface area (Å²) in [5.41, 5.74) is 5.21. The third-order valence-corrected chi connectivity index (χ3v) is 3.92. The fraction of sp³-hybridized carbons (Fsp3) is 0.778. The molecule has 1 aliphatic rings. The molecular formula is C9H18N4O4S. The normalized spacial score (nSPS) is 17.6. The van der Waals surface area contributed by atoms with Crippen molar-refractivity contribution in [2.75, 3.05) is 45.5 Å². The van der Waals surface area contributed by atoms with E-state index in [0.29, 0.717) is 0 Å². The lowest BCUT2D eigenvalue weighted by molar-refractivity contribution is -0.146. The molecule has 0 aliphatic carbocycles. The SMILES string of the molecule is CS(=O)(=O)N1CCN(C(=O)C(=O)NCCN)CC1. The molecule has 0 spiro atoms. The molecule has 1 rings (SSSR count). The van der Waals surface area contributed by atoms with E-state index in [9.17, 15) is 18.0 Å². The van der Waals surface area contributed by atoms with Crippen LogP contribution in [0.15, 0.2) is 0 Å². The van der Waals surface area contributed by atoms with Crippen molar-refractivity contribution in [2.45, 2.75) is 0 Å². The largest absolute Gasteiger partial charge is 0.347 e. The Hall–Kier alpha value is -1.19. The standard InChI is InChI=1S/C9H18N4O4S/c1-18(16,17)13-6-4-12(5-7-13)9(15)8(14)11-3-2-10/h2-7,10H2,1H3,(H,11,14). The Morgan fingerprint density at radius 1 is 1.22 bits per heavy atom. The van der Waals surface area contributed by atoms with Crippen molar-refractivity contribution in [3.8, 4) is 0 Å². The summed E-state index contributed by atoms with van der Waals surface area (Å²) in [5, 5.41) is 2.38. The second kappa shape index (κ2) is 6.12. The number of nitrogens with one attached hydrogen (secondary N) is 1. The Morgan fingerprint density at radius 3 is 2.22 bits per heavy atom. The molecule has 0 radical (unpaired) electrons. The van der Waals surface area contributed by atoms with Gasteiger partial charge in [0.2, 0.25) is 10.0 Å². The highest BCUT2D eigenvalue weighted by Gasteiger charge is 2.28.